The summed E-state index contributed by atoms with van der Waals surface area (Å²) in [6.07, 6.45) is 2.53. The number of anilines is 2. The molecule has 2 heterocycles. The first-order valence-electron chi connectivity index (χ1n) is 7.07. The van der Waals surface area contributed by atoms with Gasteiger partial charge in [-0.2, -0.15) is 0 Å². The van der Waals surface area contributed by atoms with E-state index in [9.17, 15) is 0 Å². The normalized spacial score (nSPS) is 12.5. The molecular formula is C17H19N3O. The summed E-state index contributed by atoms with van der Waals surface area (Å²) in [5.41, 5.74) is 9.65. The molecule has 0 spiro atoms. The van der Waals surface area contributed by atoms with Gasteiger partial charge in [0.15, 0.2) is 0 Å². The first-order chi connectivity index (χ1) is 10.1. The second kappa shape index (κ2) is 5.48. The van der Waals surface area contributed by atoms with Crippen molar-refractivity contribution in [1.82, 2.24) is 4.98 Å². The highest BCUT2D eigenvalue weighted by molar-refractivity contribution is 5.93. The van der Waals surface area contributed by atoms with Crippen LogP contribution in [0.2, 0.25) is 0 Å². The molecule has 0 amide bonds. The molecule has 0 aliphatic rings. The van der Waals surface area contributed by atoms with Crippen LogP contribution in [0.3, 0.4) is 0 Å². The van der Waals surface area contributed by atoms with Gasteiger partial charge in [-0.25, -0.2) is 0 Å². The quantitative estimate of drug-likeness (QED) is 0.715. The highest BCUT2D eigenvalue weighted by Gasteiger charge is 2.09. The number of benzene rings is 1. The lowest BCUT2D eigenvalue weighted by Gasteiger charge is -2.16. The summed E-state index contributed by atoms with van der Waals surface area (Å²) in [6.45, 7) is 4.13. The average molecular weight is 281 g/mol. The van der Waals surface area contributed by atoms with Gasteiger partial charge in [-0.3, -0.25) is 4.98 Å². The zero-order valence-electron chi connectivity index (χ0n) is 12.3. The second-order valence-corrected chi connectivity index (χ2v) is 5.42. The van der Waals surface area contributed by atoms with Crippen molar-refractivity contribution >= 4 is 22.3 Å². The molecule has 3 rings (SSSR count). The van der Waals surface area contributed by atoms with Crippen molar-refractivity contribution in [1.29, 1.82) is 0 Å². The van der Waals surface area contributed by atoms with Gasteiger partial charge in [-0.05, 0) is 50.2 Å². The van der Waals surface area contributed by atoms with Gasteiger partial charge in [-0.1, -0.05) is 0 Å². The first-order valence-corrected chi connectivity index (χ1v) is 7.07. The van der Waals surface area contributed by atoms with E-state index < -0.39 is 0 Å². The van der Waals surface area contributed by atoms with E-state index in [4.69, 9.17) is 10.2 Å². The number of rotatable bonds is 4. The van der Waals surface area contributed by atoms with Crippen molar-refractivity contribution in [2.45, 2.75) is 26.3 Å². The predicted octanol–water partition coefficient (Wildman–Crippen LogP) is 3.76. The van der Waals surface area contributed by atoms with Crippen LogP contribution in [0, 0.1) is 6.92 Å². The van der Waals surface area contributed by atoms with E-state index in [2.05, 4.69) is 23.3 Å². The van der Waals surface area contributed by atoms with E-state index in [1.807, 2.05) is 37.3 Å². The van der Waals surface area contributed by atoms with E-state index >= 15 is 0 Å². The number of nitrogens with two attached hydrogens (primary N) is 1. The zero-order valence-corrected chi connectivity index (χ0v) is 12.3. The Hall–Kier alpha value is -2.49. The fraction of sp³-hybridized carbons (Fsp3) is 0.235. The summed E-state index contributed by atoms with van der Waals surface area (Å²) < 4.78 is 5.40. The van der Waals surface area contributed by atoms with Gasteiger partial charge in [-0.15, -0.1) is 0 Å². The number of aromatic nitrogens is 1. The van der Waals surface area contributed by atoms with Gasteiger partial charge in [0.2, 0.25) is 0 Å². The Morgan fingerprint density at radius 2 is 2.14 bits per heavy atom. The molecule has 4 nitrogen and oxygen atoms in total. The number of pyridine rings is 1. The molecule has 0 saturated carbocycles. The first kappa shape index (κ1) is 13.5. The minimum atomic E-state index is 0.252. The molecule has 0 bridgehead atoms. The lowest BCUT2D eigenvalue weighted by molar-refractivity contribution is 0.498. The van der Waals surface area contributed by atoms with Gasteiger partial charge in [0, 0.05) is 34.9 Å². The van der Waals surface area contributed by atoms with Crippen LogP contribution in [0.25, 0.3) is 10.9 Å². The molecule has 0 fully saturated rings. The summed E-state index contributed by atoms with van der Waals surface area (Å²) in [7, 11) is 0. The SMILES string of the molecule is Cc1cc(NC(C)Cc2ccco2)c2cc(N)ccc2n1. The van der Waals surface area contributed by atoms with E-state index in [-0.39, 0.29) is 6.04 Å². The van der Waals surface area contributed by atoms with Gasteiger partial charge < -0.3 is 15.5 Å². The maximum absolute atomic E-state index is 5.90. The minimum Gasteiger partial charge on any atom is -0.469 e. The molecular weight excluding hydrogens is 262 g/mol. The summed E-state index contributed by atoms with van der Waals surface area (Å²) in [5, 5.41) is 4.58. The molecule has 21 heavy (non-hydrogen) atoms. The molecule has 2 aromatic heterocycles. The van der Waals surface area contributed by atoms with Crippen molar-refractivity contribution in [2.75, 3.05) is 11.1 Å². The van der Waals surface area contributed by atoms with Crippen LogP contribution in [-0.4, -0.2) is 11.0 Å². The Morgan fingerprint density at radius 3 is 2.90 bits per heavy atom. The number of nitrogens with one attached hydrogen (secondary N) is 1. The van der Waals surface area contributed by atoms with E-state index in [0.29, 0.717) is 0 Å². The second-order valence-electron chi connectivity index (χ2n) is 5.42. The van der Waals surface area contributed by atoms with E-state index in [0.717, 1.165) is 40.2 Å². The fourth-order valence-electron chi connectivity index (χ4n) is 2.54. The number of nitrogen functional groups attached to an aromatic ring is 1. The minimum absolute atomic E-state index is 0.252. The molecule has 1 aromatic carbocycles. The maximum atomic E-state index is 5.90. The van der Waals surface area contributed by atoms with Gasteiger partial charge in [0.25, 0.3) is 0 Å². The Balaban J connectivity index is 1.90. The van der Waals surface area contributed by atoms with Gasteiger partial charge in [0.05, 0.1) is 11.8 Å². The zero-order chi connectivity index (χ0) is 14.8. The summed E-state index contributed by atoms with van der Waals surface area (Å²) in [4.78, 5) is 4.55. The number of fused-ring (bicyclic) bond motifs is 1. The topological polar surface area (TPSA) is 64.1 Å². The van der Waals surface area contributed by atoms with Crippen LogP contribution in [0.5, 0.6) is 0 Å². The smallest absolute Gasteiger partial charge is 0.105 e. The number of nitrogens with zero attached hydrogens (tertiary/aromatic N) is 1. The third kappa shape index (κ3) is 2.99. The molecule has 0 saturated heterocycles. The average Bonchev–Trinajstić information content (AvgIpc) is 2.92. The van der Waals surface area contributed by atoms with Crippen molar-refractivity contribution < 1.29 is 4.42 Å². The lowest BCUT2D eigenvalue weighted by Crippen LogP contribution is -2.18. The van der Waals surface area contributed by atoms with Crippen LogP contribution in [-0.2, 0) is 6.42 Å². The lowest BCUT2D eigenvalue weighted by atomic mass is 10.1. The number of aryl methyl sites for hydroxylation is 1. The fourth-order valence-corrected chi connectivity index (χ4v) is 2.54. The summed E-state index contributed by atoms with van der Waals surface area (Å²) >= 11 is 0. The van der Waals surface area contributed by atoms with E-state index in [1.54, 1.807) is 6.26 Å². The van der Waals surface area contributed by atoms with Crippen molar-refractivity contribution in [2.24, 2.45) is 0 Å². The van der Waals surface area contributed by atoms with Crippen LogP contribution >= 0.6 is 0 Å². The third-order valence-electron chi connectivity index (χ3n) is 3.45. The predicted molar refractivity (Wildman–Crippen MR) is 86.4 cm³/mol. The Kier molecular flexibility index (Phi) is 3.52. The molecule has 0 radical (unpaired) electrons. The van der Waals surface area contributed by atoms with Crippen LogP contribution in [0.15, 0.2) is 47.1 Å². The van der Waals surface area contributed by atoms with Gasteiger partial charge >= 0.3 is 0 Å². The molecule has 108 valence electrons. The summed E-state index contributed by atoms with van der Waals surface area (Å²) in [5.74, 6) is 0.976. The maximum Gasteiger partial charge on any atom is 0.105 e. The standard InChI is InChI=1S/C17H19N3O/c1-11(8-14-4-3-7-21-14)20-17-9-12(2)19-16-6-5-13(18)10-15(16)17/h3-7,9-11H,8,18H2,1-2H3,(H,19,20). The van der Waals surface area contributed by atoms with Crippen LogP contribution in [0.4, 0.5) is 11.4 Å². The molecule has 0 aliphatic heterocycles. The highest BCUT2D eigenvalue weighted by atomic mass is 16.3. The Morgan fingerprint density at radius 1 is 1.29 bits per heavy atom. The van der Waals surface area contributed by atoms with Crippen molar-refractivity contribution in [3.63, 3.8) is 0 Å². The molecule has 0 aliphatic carbocycles. The van der Waals surface area contributed by atoms with E-state index in [1.165, 1.54) is 0 Å². The Bertz CT molecular complexity index is 750. The number of furan rings is 1. The third-order valence-corrected chi connectivity index (χ3v) is 3.45. The molecule has 4 heteroatoms. The number of hydrogen-bond donors (Lipinski definition) is 2. The van der Waals surface area contributed by atoms with Crippen molar-refractivity contribution in [3.8, 4) is 0 Å². The largest absolute Gasteiger partial charge is 0.469 e. The van der Waals surface area contributed by atoms with Gasteiger partial charge in [0.1, 0.15) is 5.76 Å². The van der Waals surface area contributed by atoms with Crippen molar-refractivity contribution in [3.05, 3.63) is 54.1 Å². The summed E-state index contributed by atoms with van der Waals surface area (Å²) in [6, 6.07) is 12.0. The molecule has 1 unspecified atom stereocenters. The monoisotopic (exact) mass is 281 g/mol. The Labute approximate surface area is 124 Å². The number of hydrogen-bond acceptors (Lipinski definition) is 4. The highest BCUT2D eigenvalue weighted by Crippen LogP contribution is 2.26. The van der Waals surface area contributed by atoms with Crippen LogP contribution < -0.4 is 11.1 Å². The molecule has 1 atom stereocenters. The van der Waals surface area contributed by atoms with Crippen LogP contribution in [0.1, 0.15) is 18.4 Å². The molecule has 3 aromatic rings. The molecule has 3 N–H and O–H groups in total.